The predicted molar refractivity (Wildman–Crippen MR) is 68.1 cm³/mol. The molecule has 0 bridgehead atoms. The normalized spacial score (nSPS) is 10.8. The minimum Gasteiger partial charge on any atom is -0.396 e. The largest absolute Gasteiger partial charge is 0.396 e. The number of aromatic nitrogens is 4. The van der Waals surface area contributed by atoms with Crippen molar-refractivity contribution in [3.8, 4) is 0 Å². The third kappa shape index (κ3) is 2.48. The summed E-state index contributed by atoms with van der Waals surface area (Å²) in [5, 5.41) is 16.1. The molecule has 6 heteroatoms. The quantitative estimate of drug-likeness (QED) is 0.731. The van der Waals surface area contributed by atoms with Gasteiger partial charge in [0.2, 0.25) is 0 Å². The summed E-state index contributed by atoms with van der Waals surface area (Å²) in [5.74, 6) is 1.17. The van der Waals surface area contributed by atoms with Crippen molar-refractivity contribution in [2.75, 3.05) is 12.3 Å². The second-order valence-corrected chi connectivity index (χ2v) is 4.25. The van der Waals surface area contributed by atoms with Gasteiger partial charge in [-0.2, -0.15) is 5.10 Å². The van der Waals surface area contributed by atoms with E-state index < -0.39 is 0 Å². The lowest BCUT2D eigenvalue weighted by molar-refractivity contribution is 0.298. The summed E-state index contributed by atoms with van der Waals surface area (Å²) in [6, 6.07) is 0. The molecule has 0 atom stereocenters. The van der Waals surface area contributed by atoms with Crippen molar-refractivity contribution < 1.29 is 5.11 Å². The zero-order valence-corrected chi connectivity index (χ0v) is 10.6. The fraction of sp³-hybridized carbons (Fsp3) is 0.417. The Morgan fingerprint density at radius 1 is 1.39 bits per heavy atom. The zero-order chi connectivity index (χ0) is 13.1. The van der Waals surface area contributed by atoms with E-state index in [1.165, 1.54) is 0 Å². The van der Waals surface area contributed by atoms with Crippen molar-refractivity contribution in [2.24, 2.45) is 0 Å². The Morgan fingerprint density at radius 2 is 2.17 bits per heavy atom. The first-order chi connectivity index (χ1) is 8.61. The van der Waals surface area contributed by atoms with Gasteiger partial charge in [-0.05, 0) is 19.4 Å². The molecular formula is C12H17N5O. The van der Waals surface area contributed by atoms with E-state index in [-0.39, 0.29) is 6.61 Å². The van der Waals surface area contributed by atoms with Crippen LogP contribution in [0.1, 0.15) is 28.3 Å². The topological polar surface area (TPSA) is 101 Å². The molecule has 0 radical (unpaired) electrons. The number of nitrogens with zero attached hydrogens (tertiary/aromatic N) is 3. The monoisotopic (exact) mass is 247 g/mol. The summed E-state index contributed by atoms with van der Waals surface area (Å²) in [7, 11) is 0. The average Bonchev–Trinajstić information content (AvgIpc) is 2.66. The number of anilines is 1. The molecular weight excluding hydrogens is 230 g/mol. The molecule has 2 aromatic rings. The van der Waals surface area contributed by atoms with Gasteiger partial charge in [-0.15, -0.1) is 0 Å². The van der Waals surface area contributed by atoms with Crippen LogP contribution in [0.2, 0.25) is 0 Å². The number of hydrogen-bond acceptors (Lipinski definition) is 5. The SMILES string of the molecule is Cc1ncc(Cc2[nH]nc(CCO)c2C)c(N)n1. The molecule has 0 amide bonds. The molecule has 0 unspecified atom stereocenters. The van der Waals surface area contributed by atoms with Crippen LogP contribution in [-0.2, 0) is 12.8 Å². The summed E-state index contributed by atoms with van der Waals surface area (Å²) in [4.78, 5) is 8.28. The number of rotatable bonds is 4. The maximum atomic E-state index is 8.92. The van der Waals surface area contributed by atoms with Crippen molar-refractivity contribution in [3.63, 3.8) is 0 Å². The van der Waals surface area contributed by atoms with Gasteiger partial charge in [0, 0.05) is 36.9 Å². The maximum absolute atomic E-state index is 8.92. The highest BCUT2D eigenvalue weighted by Crippen LogP contribution is 2.17. The minimum atomic E-state index is 0.0981. The molecule has 96 valence electrons. The van der Waals surface area contributed by atoms with Gasteiger partial charge >= 0.3 is 0 Å². The average molecular weight is 247 g/mol. The van der Waals surface area contributed by atoms with E-state index in [0.717, 1.165) is 22.5 Å². The molecule has 0 aromatic carbocycles. The van der Waals surface area contributed by atoms with Crippen LogP contribution in [0.5, 0.6) is 0 Å². The van der Waals surface area contributed by atoms with Crippen LogP contribution < -0.4 is 5.73 Å². The van der Waals surface area contributed by atoms with Crippen LogP contribution >= 0.6 is 0 Å². The van der Waals surface area contributed by atoms with Crippen LogP contribution in [0.25, 0.3) is 0 Å². The van der Waals surface area contributed by atoms with Crippen molar-refractivity contribution >= 4 is 5.82 Å². The predicted octanol–water partition coefficient (Wildman–Crippen LogP) is 0.524. The second kappa shape index (κ2) is 5.14. The molecule has 0 spiro atoms. The first kappa shape index (κ1) is 12.5. The second-order valence-electron chi connectivity index (χ2n) is 4.25. The molecule has 0 saturated heterocycles. The van der Waals surface area contributed by atoms with Crippen molar-refractivity contribution in [1.29, 1.82) is 0 Å². The summed E-state index contributed by atoms with van der Waals surface area (Å²) in [6.07, 6.45) is 2.92. The van der Waals surface area contributed by atoms with E-state index in [4.69, 9.17) is 10.8 Å². The van der Waals surface area contributed by atoms with Gasteiger partial charge in [0.25, 0.3) is 0 Å². The van der Waals surface area contributed by atoms with Crippen LogP contribution in [0.3, 0.4) is 0 Å². The van der Waals surface area contributed by atoms with Gasteiger partial charge < -0.3 is 10.8 Å². The Labute approximate surface area is 105 Å². The molecule has 2 heterocycles. The van der Waals surface area contributed by atoms with Crippen molar-refractivity contribution in [1.82, 2.24) is 20.2 Å². The fourth-order valence-electron chi connectivity index (χ4n) is 1.84. The van der Waals surface area contributed by atoms with Crippen molar-refractivity contribution in [2.45, 2.75) is 26.7 Å². The number of H-pyrrole nitrogens is 1. The lowest BCUT2D eigenvalue weighted by Gasteiger charge is -2.04. The minimum absolute atomic E-state index is 0.0981. The summed E-state index contributed by atoms with van der Waals surface area (Å²) in [6.45, 7) is 3.89. The molecule has 4 N–H and O–H groups in total. The molecule has 18 heavy (non-hydrogen) atoms. The number of aryl methyl sites for hydroxylation is 1. The number of aliphatic hydroxyl groups is 1. The molecule has 2 rings (SSSR count). The third-order valence-corrected chi connectivity index (χ3v) is 2.95. The van der Waals surface area contributed by atoms with Crippen LogP contribution in [0, 0.1) is 13.8 Å². The highest BCUT2D eigenvalue weighted by molar-refractivity contribution is 5.41. The van der Waals surface area contributed by atoms with Crippen LogP contribution in [0.4, 0.5) is 5.82 Å². The van der Waals surface area contributed by atoms with Gasteiger partial charge in [0.05, 0.1) is 5.69 Å². The zero-order valence-electron chi connectivity index (χ0n) is 10.6. The molecule has 0 aliphatic heterocycles. The molecule has 0 aliphatic carbocycles. The van der Waals surface area contributed by atoms with Crippen LogP contribution in [-0.4, -0.2) is 31.9 Å². The standard InChI is InChI=1S/C12H17N5O/c1-7-10(3-4-18)16-17-11(7)5-9-6-14-8(2)15-12(9)13/h6,18H,3-5H2,1-2H3,(H,16,17)(H2,13,14,15). The lowest BCUT2D eigenvalue weighted by Crippen LogP contribution is -2.03. The Kier molecular flexibility index (Phi) is 3.57. The summed E-state index contributed by atoms with van der Waals surface area (Å²) >= 11 is 0. The Hall–Kier alpha value is -1.95. The number of nitrogens with two attached hydrogens (primary N) is 1. The molecule has 6 nitrogen and oxygen atoms in total. The van der Waals surface area contributed by atoms with E-state index in [9.17, 15) is 0 Å². The number of nitrogens with one attached hydrogen (secondary N) is 1. The first-order valence-electron chi connectivity index (χ1n) is 5.83. The molecule has 0 aliphatic rings. The van der Waals surface area contributed by atoms with E-state index in [2.05, 4.69) is 20.2 Å². The number of aliphatic hydroxyl groups excluding tert-OH is 1. The van der Waals surface area contributed by atoms with Crippen molar-refractivity contribution in [3.05, 3.63) is 34.5 Å². The Balaban J connectivity index is 2.23. The third-order valence-electron chi connectivity index (χ3n) is 2.95. The van der Waals surface area contributed by atoms with Gasteiger partial charge in [0.15, 0.2) is 0 Å². The number of nitrogen functional groups attached to an aromatic ring is 1. The molecule has 2 aromatic heterocycles. The Morgan fingerprint density at radius 3 is 2.83 bits per heavy atom. The maximum Gasteiger partial charge on any atom is 0.130 e. The molecule has 0 fully saturated rings. The van der Waals surface area contributed by atoms with E-state index >= 15 is 0 Å². The summed E-state index contributed by atoms with van der Waals surface area (Å²) in [5.41, 5.74) is 9.67. The van der Waals surface area contributed by atoms with E-state index in [1.807, 2.05) is 6.92 Å². The lowest BCUT2D eigenvalue weighted by atomic mass is 10.1. The smallest absolute Gasteiger partial charge is 0.130 e. The van der Waals surface area contributed by atoms with Gasteiger partial charge in [0.1, 0.15) is 11.6 Å². The Bertz CT molecular complexity index is 549. The van der Waals surface area contributed by atoms with E-state index in [1.54, 1.807) is 13.1 Å². The highest BCUT2D eigenvalue weighted by atomic mass is 16.3. The fourth-order valence-corrected chi connectivity index (χ4v) is 1.84. The van der Waals surface area contributed by atoms with Gasteiger partial charge in [-0.3, -0.25) is 5.10 Å². The van der Waals surface area contributed by atoms with Crippen LogP contribution in [0.15, 0.2) is 6.20 Å². The first-order valence-corrected chi connectivity index (χ1v) is 5.83. The number of hydrogen-bond donors (Lipinski definition) is 3. The summed E-state index contributed by atoms with van der Waals surface area (Å²) < 4.78 is 0. The molecule has 0 saturated carbocycles. The van der Waals surface area contributed by atoms with Gasteiger partial charge in [-0.1, -0.05) is 0 Å². The number of aromatic amines is 1. The highest BCUT2D eigenvalue weighted by Gasteiger charge is 2.11. The van der Waals surface area contributed by atoms with Gasteiger partial charge in [-0.25, -0.2) is 9.97 Å². The van der Waals surface area contributed by atoms with E-state index in [0.29, 0.717) is 24.5 Å².